The number of ether oxygens (including phenoxy) is 2. The molecule has 1 amide bonds. The van der Waals surface area contributed by atoms with Crippen LogP contribution in [-0.4, -0.2) is 94.9 Å². The summed E-state index contributed by atoms with van der Waals surface area (Å²) in [4.78, 5) is 31.7. The maximum atomic E-state index is 12.3. The van der Waals surface area contributed by atoms with Crippen molar-refractivity contribution in [2.75, 3.05) is 64.4 Å². The van der Waals surface area contributed by atoms with Gasteiger partial charge in [-0.05, 0) is 18.6 Å². The highest BCUT2D eigenvalue weighted by Crippen LogP contribution is 2.26. The minimum absolute atomic E-state index is 0.0677. The van der Waals surface area contributed by atoms with E-state index in [9.17, 15) is 4.79 Å². The molecule has 2 aromatic heterocycles. The van der Waals surface area contributed by atoms with E-state index in [1.807, 2.05) is 14.1 Å². The van der Waals surface area contributed by atoms with E-state index < -0.39 is 0 Å². The first-order chi connectivity index (χ1) is 13.5. The Labute approximate surface area is 168 Å². The average Bonchev–Trinajstić information content (AvgIpc) is 3.02. The maximum Gasteiger partial charge on any atom is 0.410 e. The second kappa shape index (κ2) is 8.06. The monoisotopic (exact) mass is 409 g/mol. The first-order valence-corrected chi connectivity index (χ1v) is 9.72. The molecule has 10 nitrogen and oxygen atoms in total. The smallest absolute Gasteiger partial charge is 0.410 e. The molecule has 11 heteroatoms. The van der Waals surface area contributed by atoms with Gasteiger partial charge in [0.15, 0.2) is 23.6 Å². The minimum atomic E-state index is -0.322. The molecule has 152 valence electrons. The van der Waals surface area contributed by atoms with Crippen LogP contribution in [0, 0.1) is 0 Å². The highest BCUT2D eigenvalue weighted by Gasteiger charge is 2.24. The van der Waals surface area contributed by atoms with Gasteiger partial charge in [-0.2, -0.15) is 9.97 Å². The predicted molar refractivity (Wildman–Crippen MR) is 104 cm³/mol. The predicted octanol–water partition coefficient (Wildman–Crippen LogP) is 0.737. The van der Waals surface area contributed by atoms with E-state index in [2.05, 4.69) is 24.8 Å². The summed E-state index contributed by atoms with van der Waals surface area (Å²) in [5.74, 6) is 1.29. The number of anilines is 1. The lowest BCUT2D eigenvalue weighted by molar-refractivity contribution is 0.0746. The first kappa shape index (κ1) is 19.2. The number of imidazole rings is 1. The van der Waals surface area contributed by atoms with Crippen molar-refractivity contribution in [3.05, 3.63) is 11.1 Å². The third kappa shape index (κ3) is 3.85. The molecule has 2 saturated heterocycles. The molecule has 0 spiro atoms. The Kier molecular flexibility index (Phi) is 5.51. The van der Waals surface area contributed by atoms with Gasteiger partial charge in [0.2, 0.25) is 5.28 Å². The number of carbonyl (C=O) groups is 1. The van der Waals surface area contributed by atoms with Crippen LogP contribution in [0.3, 0.4) is 0 Å². The molecule has 0 bridgehead atoms. The Hall–Kier alpha value is -2.17. The summed E-state index contributed by atoms with van der Waals surface area (Å²) in [5, 5.41) is 0.165. The molecule has 0 N–H and O–H groups in total. The number of aromatic nitrogens is 4. The van der Waals surface area contributed by atoms with E-state index >= 15 is 0 Å². The van der Waals surface area contributed by atoms with Gasteiger partial charge < -0.3 is 28.7 Å². The summed E-state index contributed by atoms with van der Waals surface area (Å²) >= 11 is 6.15. The fourth-order valence-corrected chi connectivity index (χ4v) is 3.56. The Morgan fingerprint density at radius 2 is 1.79 bits per heavy atom. The van der Waals surface area contributed by atoms with E-state index in [0.717, 1.165) is 13.1 Å². The quantitative estimate of drug-likeness (QED) is 0.686. The molecule has 0 unspecified atom stereocenters. The maximum absolute atomic E-state index is 12.3. The topological polar surface area (TPSA) is 88.8 Å². The molecule has 2 aliphatic rings. The number of amides is 1. The largest absolute Gasteiger partial charge is 0.441 e. The van der Waals surface area contributed by atoms with Gasteiger partial charge in [-0.25, -0.2) is 9.78 Å². The van der Waals surface area contributed by atoms with Gasteiger partial charge in [-0.3, -0.25) is 0 Å². The van der Waals surface area contributed by atoms with Crippen molar-refractivity contribution in [1.29, 1.82) is 0 Å². The van der Waals surface area contributed by atoms with Gasteiger partial charge in [0.05, 0.1) is 13.2 Å². The summed E-state index contributed by atoms with van der Waals surface area (Å²) in [6, 6.07) is 0. The van der Waals surface area contributed by atoms with E-state index in [4.69, 9.17) is 21.1 Å². The molecule has 28 heavy (non-hydrogen) atoms. The molecule has 0 radical (unpaired) electrons. The lowest BCUT2D eigenvalue weighted by Gasteiger charge is -2.31. The van der Waals surface area contributed by atoms with E-state index in [-0.39, 0.29) is 18.0 Å². The molecule has 0 atom stereocenters. The molecule has 0 saturated carbocycles. The molecular weight excluding hydrogens is 386 g/mol. The Balaban J connectivity index is 1.53. The molecule has 2 aromatic rings. The molecule has 4 rings (SSSR count). The average molecular weight is 410 g/mol. The van der Waals surface area contributed by atoms with Crippen molar-refractivity contribution < 1.29 is 14.3 Å². The zero-order valence-electron chi connectivity index (χ0n) is 16.1. The van der Waals surface area contributed by atoms with Gasteiger partial charge in [-0.15, -0.1) is 0 Å². The van der Waals surface area contributed by atoms with Gasteiger partial charge >= 0.3 is 6.09 Å². The van der Waals surface area contributed by atoms with Gasteiger partial charge in [0.25, 0.3) is 0 Å². The molecule has 2 aliphatic heterocycles. The normalized spacial score (nSPS) is 18.7. The van der Waals surface area contributed by atoms with Crippen molar-refractivity contribution in [3.8, 4) is 0 Å². The second-order valence-electron chi connectivity index (χ2n) is 7.02. The van der Waals surface area contributed by atoms with Crippen LogP contribution in [0.2, 0.25) is 5.28 Å². The van der Waals surface area contributed by atoms with Crippen molar-refractivity contribution in [2.45, 2.75) is 6.61 Å². The fourth-order valence-electron chi connectivity index (χ4n) is 3.40. The lowest BCUT2D eigenvalue weighted by atomic mass is 10.3. The number of morpholine rings is 1. The minimum Gasteiger partial charge on any atom is -0.441 e. The van der Waals surface area contributed by atoms with Crippen LogP contribution in [0.5, 0.6) is 0 Å². The van der Waals surface area contributed by atoms with Gasteiger partial charge in [0.1, 0.15) is 5.82 Å². The van der Waals surface area contributed by atoms with Crippen molar-refractivity contribution in [1.82, 2.24) is 29.3 Å². The van der Waals surface area contributed by atoms with E-state index in [1.54, 1.807) is 9.47 Å². The number of aryl methyl sites for hydroxylation is 1. The molecule has 4 heterocycles. The number of carbonyl (C=O) groups excluding carboxylic acids is 1. The SMILES string of the molecule is CN1CCN(C(=O)OCc2nc3c(N4CCOCC4)nc(Cl)nc3n2C)CC1. The fraction of sp³-hybridized carbons (Fsp3) is 0.647. The van der Waals surface area contributed by atoms with Crippen molar-refractivity contribution in [2.24, 2.45) is 7.05 Å². The number of hydrogen-bond acceptors (Lipinski definition) is 8. The van der Waals surface area contributed by atoms with E-state index in [0.29, 0.717) is 62.2 Å². The zero-order chi connectivity index (χ0) is 19.7. The van der Waals surface area contributed by atoms with Crippen molar-refractivity contribution >= 4 is 34.7 Å². The Bertz CT molecular complexity index is 860. The number of fused-ring (bicyclic) bond motifs is 1. The van der Waals surface area contributed by atoms with Crippen LogP contribution in [0.4, 0.5) is 10.6 Å². The molecule has 0 aliphatic carbocycles. The van der Waals surface area contributed by atoms with Crippen LogP contribution < -0.4 is 4.90 Å². The van der Waals surface area contributed by atoms with Crippen LogP contribution in [0.25, 0.3) is 11.2 Å². The Morgan fingerprint density at radius 3 is 2.50 bits per heavy atom. The number of hydrogen-bond donors (Lipinski definition) is 0. The van der Waals surface area contributed by atoms with E-state index in [1.165, 1.54) is 0 Å². The summed E-state index contributed by atoms with van der Waals surface area (Å²) in [6.07, 6.45) is -0.322. The summed E-state index contributed by atoms with van der Waals surface area (Å²) in [7, 11) is 3.88. The molecule has 0 aromatic carbocycles. The molecular formula is C17H24ClN7O3. The van der Waals surface area contributed by atoms with Crippen molar-refractivity contribution in [3.63, 3.8) is 0 Å². The number of nitrogens with zero attached hydrogens (tertiary/aromatic N) is 7. The summed E-state index contributed by atoms with van der Waals surface area (Å²) < 4.78 is 12.7. The lowest BCUT2D eigenvalue weighted by Crippen LogP contribution is -2.47. The number of halogens is 1. The second-order valence-corrected chi connectivity index (χ2v) is 7.36. The summed E-state index contributed by atoms with van der Waals surface area (Å²) in [5.41, 5.74) is 1.27. The third-order valence-electron chi connectivity index (χ3n) is 5.16. The summed E-state index contributed by atoms with van der Waals surface area (Å²) in [6.45, 7) is 5.78. The third-order valence-corrected chi connectivity index (χ3v) is 5.33. The number of piperazine rings is 1. The highest BCUT2D eigenvalue weighted by molar-refractivity contribution is 6.28. The van der Waals surface area contributed by atoms with Gasteiger partial charge in [-0.1, -0.05) is 0 Å². The van der Waals surface area contributed by atoms with Crippen LogP contribution in [0.1, 0.15) is 5.82 Å². The first-order valence-electron chi connectivity index (χ1n) is 9.34. The highest BCUT2D eigenvalue weighted by atomic mass is 35.5. The number of rotatable bonds is 3. The van der Waals surface area contributed by atoms with Crippen LogP contribution in [-0.2, 0) is 23.1 Å². The zero-order valence-corrected chi connectivity index (χ0v) is 16.9. The standard InChI is InChI=1S/C17H24ClN7O3/c1-22-3-5-25(6-4-22)17(26)28-11-12-19-13-14(23(12)2)20-16(18)21-15(13)24-7-9-27-10-8-24/h3-11H2,1-2H3. The van der Waals surface area contributed by atoms with Gasteiger partial charge in [0, 0.05) is 46.3 Å². The Morgan fingerprint density at radius 1 is 1.07 bits per heavy atom. The molecule has 2 fully saturated rings. The number of likely N-dealkylation sites (N-methyl/N-ethyl adjacent to an activating group) is 1. The van der Waals surface area contributed by atoms with Crippen LogP contribution in [0.15, 0.2) is 0 Å². The van der Waals surface area contributed by atoms with Crippen LogP contribution >= 0.6 is 11.6 Å².